The first-order valence-electron chi connectivity index (χ1n) is 14.0. The number of allylic oxidation sites excluding steroid dienone is 1. The fourth-order valence-corrected chi connectivity index (χ4v) is 6.81. The van der Waals surface area contributed by atoms with E-state index in [1.54, 1.807) is 17.9 Å². The maximum absolute atomic E-state index is 14.6. The van der Waals surface area contributed by atoms with Crippen LogP contribution in [0.1, 0.15) is 57.1 Å². The van der Waals surface area contributed by atoms with E-state index in [2.05, 4.69) is 13.2 Å². The van der Waals surface area contributed by atoms with E-state index < -0.39 is 41.1 Å². The van der Waals surface area contributed by atoms with Gasteiger partial charge in [-0.15, -0.1) is 13.2 Å². The third-order valence-corrected chi connectivity index (χ3v) is 8.72. The van der Waals surface area contributed by atoms with Gasteiger partial charge in [-0.1, -0.05) is 24.3 Å². The Hall–Kier alpha value is -2.97. The average molecular weight is 539 g/mol. The van der Waals surface area contributed by atoms with E-state index >= 15 is 0 Å². The molecule has 4 rings (SSSR count). The summed E-state index contributed by atoms with van der Waals surface area (Å²) >= 11 is 0. The number of nitrogens with zero attached hydrogens (tertiary/aromatic N) is 2. The number of unbranched alkanes of at least 4 members (excludes halogenated alkanes) is 2. The first-order chi connectivity index (χ1) is 18.6. The van der Waals surface area contributed by atoms with E-state index in [-0.39, 0.29) is 31.6 Å². The van der Waals surface area contributed by atoms with Gasteiger partial charge < -0.3 is 24.4 Å². The second-order valence-electron chi connectivity index (χ2n) is 11.5. The molecule has 3 heterocycles. The van der Waals surface area contributed by atoms with Gasteiger partial charge >= 0.3 is 5.97 Å². The standard InChI is InChI=1S/C31H42N2O6/c1-7-9-10-11-17-38-29(37)25-24-27(35)33(22(5)19-34)26(31(24)15-14-30(25,6)39-31)28(36)32(16-8-2)23-18-20(3)12-13-21(23)4/h7-8,12-13,18,22,24-26,34H,1-2,9-11,14-17,19H2,3-6H3/t22-,24+,25+,26?,30-,31?/m1/s1. The maximum Gasteiger partial charge on any atom is 0.312 e. The van der Waals surface area contributed by atoms with Crippen LogP contribution < -0.4 is 4.90 Å². The third kappa shape index (κ3) is 4.82. The predicted octanol–water partition coefficient (Wildman–Crippen LogP) is 3.87. The van der Waals surface area contributed by atoms with Crippen molar-refractivity contribution in [1.82, 2.24) is 4.90 Å². The smallest absolute Gasteiger partial charge is 0.312 e. The lowest BCUT2D eigenvalue weighted by atomic mass is 9.66. The van der Waals surface area contributed by atoms with Crippen molar-refractivity contribution in [3.63, 3.8) is 0 Å². The number of benzene rings is 1. The number of aryl methyl sites for hydroxylation is 2. The highest BCUT2D eigenvalue weighted by Crippen LogP contribution is 2.63. The zero-order valence-electron chi connectivity index (χ0n) is 23.7. The minimum absolute atomic E-state index is 0.239. The molecule has 0 aliphatic carbocycles. The summed E-state index contributed by atoms with van der Waals surface area (Å²) in [5.41, 5.74) is 0.554. The van der Waals surface area contributed by atoms with Gasteiger partial charge in [0.15, 0.2) is 0 Å². The second kappa shape index (κ2) is 11.3. The predicted molar refractivity (Wildman–Crippen MR) is 149 cm³/mol. The molecule has 2 amide bonds. The Balaban J connectivity index is 1.73. The molecule has 1 N–H and O–H groups in total. The number of esters is 1. The minimum atomic E-state index is -1.18. The molecule has 2 bridgehead atoms. The fourth-order valence-electron chi connectivity index (χ4n) is 6.81. The third-order valence-electron chi connectivity index (χ3n) is 8.72. The van der Waals surface area contributed by atoms with Gasteiger partial charge in [-0.05, 0) is 77.0 Å². The van der Waals surface area contributed by atoms with Gasteiger partial charge in [0.25, 0.3) is 5.91 Å². The molecule has 39 heavy (non-hydrogen) atoms. The summed E-state index contributed by atoms with van der Waals surface area (Å²) in [4.78, 5) is 45.3. The number of hydrogen-bond acceptors (Lipinski definition) is 6. The Morgan fingerprint density at radius 3 is 2.67 bits per heavy atom. The van der Waals surface area contributed by atoms with Crippen LogP contribution in [0.2, 0.25) is 0 Å². The molecule has 3 aliphatic heterocycles. The molecule has 6 atom stereocenters. The lowest BCUT2D eigenvalue weighted by Gasteiger charge is -2.39. The molecular formula is C31H42N2O6. The van der Waals surface area contributed by atoms with Gasteiger partial charge in [0, 0.05) is 12.2 Å². The van der Waals surface area contributed by atoms with E-state index in [9.17, 15) is 19.5 Å². The number of anilines is 1. The van der Waals surface area contributed by atoms with Crippen LogP contribution in [-0.4, -0.2) is 70.8 Å². The Labute approximate surface area is 231 Å². The highest BCUT2D eigenvalue weighted by atomic mass is 16.6. The Kier molecular flexibility index (Phi) is 8.38. The number of aliphatic hydroxyl groups excluding tert-OH is 1. The lowest BCUT2D eigenvalue weighted by Crippen LogP contribution is -2.58. The van der Waals surface area contributed by atoms with Crippen LogP contribution in [0, 0.1) is 25.7 Å². The topological polar surface area (TPSA) is 96.4 Å². The van der Waals surface area contributed by atoms with Crippen LogP contribution in [0.4, 0.5) is 5.69 Å². The summed E-state index contributed by atoms with van der Waals surface area (Å²) in [6, 6.07) is 4.26. The van der Waals surface area contributed by atoms with Crippen molar-refractivity contribution >= 4 is 23.5 Å². The second-order valence-corrected chi connectivity index (χ2v) is 11.5. The van der Waals surface area contributed by atoms with Crippen molar-refractivity contribution < 1.29 is 29.0 Å². The van der Waals surface area contributed by atoms with Crippen molar-refractivity contribution in [1.29, 1.82) is 0 Å². The fraction of sp³-hybridized carbons (Fsp3) is 0.581. The largest absolute Gasteiger partial charge is 0.465 e. The molecule has 0 radical (unpaired) electrons. The van der Waals surface area contributed by atoms with Gasteiger partial charge in [0.05, 0.1) is 30.8 Å². The number of rotatable bonds is 12. The molecule has 3 fully saturated rings. The molecule has 2 unspecified atom stereocenters. The van der Waals surface area contributed by atoms with E-state index in [0.717, 1.165) is 29.7 Å². The highest BCUT2D eigenvalue weighted by Gasteiger charge is 2.79. The Bertz CT molecular complexity index is 1150. The summed E-state index contributed by atoms with van der Waals surface area (Å²) in [5.74, 6) is -2.78. The number of amides is 2. The normalized spacial score (nSPS) is 29.7. The molecule has 1 spiro atoms. The van der Waals surface area contributed by atoms with Crippen LogP contribution in [0.25, 0.3) is 0 Å². The van der Waals surface area contributed by atoms with Crippen LogP contribution in [-0.2, 0) is 23.9 Å². The lowest BCUT2D eigenvalue weighted by molar-refractivity contribution is -0.160. The first kappa shape index (κ1) is 29.0. The number of fused-ring (bicyclic) bond motifs is 1. The monoisotopic (exact) mass is 538 g/mol. The van der Waals surface area contributed by atoms with Crippen LogP contribution in [0.3, 0.4) is 0 Å². The zero-order chi connectivity index (χ0) is 28.5. The van der Waals surface area contributed by atoms with Crippen molar-refractivity contribution in [3.05, 3.63) is 54.6 Å². The molecular weight excluding hydrogens is 496 g/mol. The first-order valence-corrected chi connectivity index (χ1v) is 14.0. The minimum Gasteiger partial charge on any atom is -0.465 e. The average Bonchev–Trinajstić information content (AvgIpc) is 3.48. The van der Waals surface area contributed by atoms with E-state index in [4.69, 9.17) is 9.47 Å². The zero-order valence-corrected chi connectivity index (χ0v) is 23.7. The molecule has 0 aromatic heterocycles. The number of ether oxygens (including phenoxy) is 2. The molecule has 3 aliphatic rings. The van der Waals surface area contributed by atoms with E-state index in [1.165, 1.54) is 4.90 Å². The van der Waals surface area contributed by atoms with Gasteiger partial charge in [-0.25, -0.2) is 0 Å². The van der Waals surface area contributed by atoms with Crippen LogP contribution >= 0.6 is 0 Å². The summed E-state index contributed by atoms with van der Waals surface area (Å²) in [5, 5.41) is 10.1. The number of carbonyl (C=O) groups is 3. The molecule has 8 heteroatoms. The van der Waals surface area contributed by atoms with Gasteiger partial charge in [0.2, 0.25) is 5.91 Å². The Morgan fingerprint density at radius 2 is 2.00 bits per heavy atom. The van der Waals surface area contributed by atoms with Crippen LogP contribution in [0.15, 0.2) is 43.5 Å². The SMILES string of the molecule is C=CCCCCOC(=O)[C@@H]1[C@H]2C(=O)N([C@H](C)CO)C(C(=O)N(CC=C)c3cc(C)ccc3C)C23CC[C@@]1(C)O3. The van der Waals surface area contributed by atoms with Crippen molar-refractivity contribution in [3.8, 4) is 0 Å². The number of likely N-dealkylation sites (tertiary alicyclic amines) is 1. The van der Waals surface area contributed by atoms with Crippen LogP contribution in [0.5, 0.6) is 0 Å². The summed E-state index contributed by atoms with van der Waals surface area (Å²) in [7, 11) is 0. The summed E-state index contributed by atoms with van der Waals surface area (Å²) in [6.45, 7) is 15.2. The quantitative estimate of drug-likeness (QED) is 0.247. The molecule has 8 nitrogen and oxygen atoms in total. The van der Waals surface area contributed by atoms with Gasteiger partial charge in [-0.3, -0.25) is 14.4 Å². The highest BCUT2D eigenvalue weighted by molar-refractivity contribution is 6.05. The number of hydrogen-bond donors (Lipinski definition) is 1. The summed E-state index contributed by atoms with van der Waals surface area (Å²) in [6.07, 6.45) is 6.88. The van der Waals surface area contributed by atoms with Crippen molar-refractivity contribution in [2.75, 3.05) is 24.7 Å². The maximum atomic E-state index is 14.6. The van der Waals surface area contributed by atoms with Crippen molar-refractivity contribution in [2.45, 2.75) is 83.1 Å². The number of aliphatic hydroxyl groups is 1. The van der Waals surface area contributed by atoms with Gasteiger partial charge in [-0.2, -0.15) is 0 Å². The molecule has 212 valence electrons. The molecule has 3 saturated heterocycles. The van der Waals surface area contributed by atoms with Crippen molar-refractivity contribution in [2.24, 2.45) is 11.8 Å². The molecule has 1 aromatic rings. The Morgan fingerprint density at radius 1 is 1.26 bits per heavy atom. The molecule has 1 aromatic carbocycles. The summed E-state index contributed by atoms with van der Waals surface area (Å²) < 4.78 is 12.3. The van der Waals surface area contributed by atoms with Gasteiger partial charge in [0.1, 0.15) is 17.6 Å². The van der Waals surface area contributed by atoms with E-state index in [1.807, 2.05) is 45.0 Å². The molecule has 0 saturated carbocycles. The van der Waals surface area contributed by atoms with E-state index in [0.29, 0.717) is 19.3 Å². The number of carbonyl (C=O) groups excluding carboxylic acids is 3.